The van der Waals surface area contributed by atoms with Gasteiger partial charge in [-0.2, -0.15) is 5.26 Å². The number of nitrogens with one attached hydrogen (secondary N) is 1. The molecule has 1 N–H and O–H groups in total. The van der Waals surface area contributed by atoms with Crippen LogP contribution in [0.2, 0.25) is 0 Å². The van der Waals surface area contributed by atoms with E-state index < -0.39 is 0 Å². The number of rotatable bonds is 6. The fourth-order valence-electron chi connectivity index (χ4n) is 2.88. The van der Waals surface area contributed by atoms with Gasteiger partial charge < -0.3 is 15.0 Å². The van der Waals surface area contributed by atoms with Crippen molar-refractivity contribution in [2.75, 3.05) is 38.3 Å². The number of piperidine rings is 1. The van der Waals surface area contributed by atoms with Crippen LogP contribution in [0.25, 0.3) is 5.57 Å². The molecular weight excluding hydrogens is 302 g/mol. The van der Waals surface area contributed by atoms with E-state index in [1.165, 1.54) is 24.9 Å². The number of hydrogen-bond donors (Lipinski definition) is 1. The molecule has 0 saturated carbocycles. The molecule has 0 aliphatic carbocycles. The van der Waals surface area contributed by atoms with Gasteiger partial charge in [0.1, 0.15) is 11.6 Å². The van der Waals surface area contributed by atoms with Crippen LogP contribution in [-0.4, -0.2) is 39.3 Å². The Morgan fingerprint density at radius 3 is 2.50 bits per heavy atom. The summed E-state index contributed by atoms with van der Waals surface area (Å²) in [5.74, 6) is -0.354. The Morgan fingerprint density at radius 1 is 1.25 bits per heavy atom. The number of anilines is 1. The largest absolute Gasteiger partial charge is 0.383 e. The van der Waals surface area contributed by atoms with E-state index in [1.807, 2.05) is 25.1 Å². The van der Waals surface area contributed by atoms with Crippen molar-refractivity contribution < 1.29 is 9.53 Å². The van der Waals surface area contributed by atoms with Crippen molar-refractivity contribution in [2.45, 2.75) is 26.2 Å². The lowest BCUT2D eigenvalue weighted by atomic mass is 10.0. The number of methoxy groups -OCH3 is 1. The molecule has 1 amide bonds. The van der Waals surface area contributed by atoms with Crippen LogP contribution in [0.5, 0.6) is 0 Å². The Kier molecular flexibility index (Phi) is 6.83. The summed E-state index contributed by atoms with van der Waals surface area (Å²) in [6.45, 7) is 4.82. The smallest absolute Gasteiger partial charge is 0.262 e. The van der Waals surface area contributed by atoms with Gasteiger partial charge in [-0.3, -0.25) is 4.79 Å². The zero-order valence-electron chi connectivity index (χ0n) is 14.5. The average molecular weight is 327 g/mol. The first kappa shape index (κ1) is 18.0. The molecule has 1 aromatic carbocycles. The highest BCUT2D eigenvalue weighted by Crippen LogP contribution is 2.24. The highest BCUT2D eigenvalue weighted by molar-refractivity contribution is 6.04. The molecule has 1 aromatic rings. The van der Waals surface area contributed by atoms with Crippen LogP contribution in [0.15, 0.2) is 29.8 Å². The minimum atomic E-state index is -0.354. The molecule has 0 spiro atoms. The molecule has 0 bridgehead atoms. The lowest BCUT2D eigenvalue weighted by Gasteiger charge is -2.28. The van der Waals surface area contributed by atoms with Gasteiger partial charge in [-0.1, -0.05) is 12.1 Å². The number of allylic oxidation sites excluding steroid dienone is 1. The molecule has 2 rings (SSSR count). The minimum Gasteiger partial charge on any atom is -0.383 e. The van der Waals surface area contributed by atoms with Gasteiger partial charge in [0.2, 0.25) is 0 Å². The summed E-state index contributed by atoms with van der Waals surface area (Å²) in [7, 11) is 1.57. The molecule has 1 heterocycles. The maximum atomic E-state index is 12.1. The summed E-state index contributed by atoms with van der Waals surface area (Å²) in [6, 6.07) is 10.1. The van der Waals surface area contributed by atoms with Crippen molar-refractivity contribution >= 4 is 17.2 Å². The lowest BCUT2D eigenvalue weighted by Crippen LogP contribution is -2.29. The van der Waals surface area contributed by atoms with Gasteiger partial charge in [0.05, 0.1) is 6.61 Å². The molecule has 1 aliphatic heterocycles. The van der Waals surface area contributed by atoms with Gasteiger partial charge in [0, 0.05) is 32.4 Å². The maximum Gasteiger partial charge on any atom is 0.262 e. The monoisotopic (exact) mass is 327 g/mol. The Morgan fingerprint density at radius 2 is 1.92 bits per heavy atom. The first-order chi connectivity index (χ1) is 11.7. The molecule has 24 heavy (non-hydrogen) atoms. The molecular formula is C19H25N3O2. The summed E-state index contributed by atoms with van der Waals surface area (Å²) in [5.41, 5.74) is 2.94. The lowest BCUT2D eigenvalue weighted by molar-refractivity contribution is -0.117. The van der Waals surface area contributed by atoms with Crippen LogP contribution in [-0.2, 0) is 9.53 Å². The number of ether oxygens (including phenoxy) is 1. The van der Waals surface area contributed by atoms with Gasteiger partial charge in [0.25, 0.3) is 5.91 Å². The summed E-state index contributed by atoms with van der Waals surface area (Å²) in [5, 5.41) is 12.0. The first-order valence-corrected chi connectivity index (χ1v) is 8.41. The molecule has 1 aliphatic rings. The summed E-state index contributed by atoms with van der Waals surface area (Å²) >= 11 is 0. The average Bonchev–Trinajstić information content (AvgIpc) is 2.63. The van der Waals surface area contributed by atoms with Crippen LogP contribution in [0.4, 0.5) is 5.69 Å². The van der Waals surface area contributed by atoms with Gasteiger partial charge >= 0.3 is 0 Å². The SMILES string of the molecule is COCCNC(=O)/C(C#N)=C(\C)c1ccc(N2CCCCC2)cc1. The van der Waals surface area contributed by atoms with Crippen LogP contribution in [0.3, 0.4) is 0 Å². The van der Waals surface area contributed by atoms with E-state index in [1.54, 1.807) is 7.11 Å². The second-order valence-corrected chi connectivity index (χ2v) is 5.96. The van der Waals surface area contributed by atoms with E-state index in [-0.39, 0.29) is 11.5 Å². The van der Waals surface area contributed by atoms with Crippen LogP contribution < -0.4 is 10.2 Å². The third-order valence-corrected chi connectivity index (χ3v) is 4.33. The Bertz CT molecular complexity index is 623. The molecule has 1 saturated heterocycles. The predicted molar refractivity (Wildman–Crippen MR) is 95.6 cm³/mol. The number of benzene rings is 1. The van der Waals surface area contributed by atoms with Crippen molar-refractivity contribution in [3.63, 3.8) is 0 Å². The molecule has 0 atom stereocenters. The van der Waals surface area contributed by atoms with Crippen LogP contribution in [0, 0.1) is 11.3 Å². The van der Waals surface area contributed by atoms with Crippen LogP contribution >= 0.6 is 0 Å². The first-order valence-electron chi connectivity index (χ1n) is 8.41. The number of carbonyl (C=O) groups is 1. The highest BCUT2D eigenvalue weighted by Gasteiger charge is 2.14. The molecule has 128 valence electrons. The quantitative estimate of drug-likeness (QED) is 0.496. The van der Waals surface area contributed by atoms with Crippen molar-refractivity contribution in [3.05, 3.63) is 35.4 Å². The van der Waals surface area contributed by atoms with Gasteiger partial charge in [-0.05, 0) is 49.5 Å². The van der Waals surface area contributed by atoms with Crippen molar-refractivity contribution in [3.8, 4) is 6.07 Å². The second kappa shape index (κ2) is 9.09. The summed E-state index contributed by atoms with van der Waals surface area (Å²) < 4.78 is 4.90. The zero-order valence-corrected chi connectivity index (χ0v) is 14.5. The van der Waals surface area contributed by atoms with E-state index in [2.05, 4.69) is 22.3 Å². The van der Waals surface area contributed by atoms with Gasteiger partial charge in [-0.15, -0.1) is 0 Å². The minimum absolute atomic E-state index is 0.150. The summed E-state index contributed by atoms with van der Waals surface area (Å²) in [4.78, 5) is 14.5. The number of carbonyl (C=O) groups excluding carboxylic acids is 1. The van der Waals surface area contributed by atoms with E-state index in [0.717, 1.165) is 18.7 Å². The van der Waals surface area contributed by atoms with Gasteiger partial charge in [0.15, 0.2) is 0 Å². The fourth-order valence-corrected chi connectivity index (χ4v) is 2.88. The molecule has 0 aromatic heterocycles. The van der Waals surface area contributed by atoms with E-state index in [9.17, 15) is 10.1 Å². The van der Waals surface area contributed by atoms with E-state index in [0.29, 0.717) is 18.7 Å². The second-order valence-electron chi connectivity index (χ2n) is 5.96. The highest BCUT2D eigenvalue weighted by atomic mass is 16.5. The molecule has 5 nitrogen and oxygen atoms in total. The van der Waals surface area contributed by atoms with Gasteiger partial charge in [-0.25, -0.2) is 0 Å². The Balaban J connectivity index is 2.12. The third kappa shape index (κ3) is 4.59. The molecule has 0 radical (unpaired) electrons. The summed E-state index contributed by atoms with van der Waals surface area (Å²) in [6.07, 6.45) is 3.78. The standard InChI is InChI=1S/C19H25N3O2/c1-15(18(14-20)19(23)21-10-13-24-2)16-6-8-17(9-7-16)22-11-4-3-5-12-22/h6-9H,3-5,10-13H2,1-2H3,(H,21,23)/b18-15+. The number of nitriles is 1. The number of nitrogens with zero attached hydrogens (tertiary/aromatic N) is 2. The van der Waals surface area contributed by atoms with Crippen molar-refractivity contribution in [2.24, 2.45) is 0 Å². The zero-order chi connectivity index (χ0) is 17.4. The maximum absolute atomic E-state index is 12.1. The molecule has 0 unspecified atom stereocenters. The number of hydrogen-bond acceptors (Lipinski definition) is 4. The van der Waals surface area contributed by atoms with Crippen molar-refractivity contribution in [1.82, 2.24) is 5.32 Å². The number of amides is 1. The van der Waals surface area contributed by atoms with E-state index in [4.69, 9.17) is 4.74 Å². The predicted octanol–water partition coefficient (Wildman–Crippen LogP) is 2.74. The Hall–Kier alpha value is -2.32. The fraction of sp³-hybridized carbons (Fsp3) is 0.474. The Labute approximate surface area is 143 Å². The normalized spacial score (nSPS) is 15.5. The van der Waals surface area contributed by atoms with Crippen LogP contribution in [0.1, 0.15) is 31.7 Å². The molecule has 5 heteroatoms. The van der Waals surface area contributed by atoms with E-state index >= 15 is 0 Å². The molecule has 1 fully saturated rings. The van der Waals surface area contributed by atoms with Crippen molar-refractivity contribution in [1.29, 1.82) is 5.26 Å². The topological polar surface area (TPSA) is 65.4 Å². The third-order valence-electron chi connectivity index (χ3n) is 4.33.